The Balaban J connectivity index is 0.000000321. The summed E-state index contributed by atoms with van der Waals surface area (Å²) in [6, 6.07) is 44.3. The molecule has 8 rings (SSSR count). The van der Waals surface area contributed by atoms with Gasteiger partial charge in [-0.2, -0.15) is 0 Å². The van der Waals surface area contributed by atoms with E-state index in [1.165, 1.54) is 44.5 Å². The maximum Gasteiger partial charge on any atom is 0.216 e. The number of rotatable bonds is 8. The first-order valence-corrected chi connectivity index (χ1v) is 19.4. The monoisotopic (exact) mass is 912 g/mol. The molecule has 4 aromatic heterocycles. The van der Waals surface area contributed by atoms with Gasteiger partial charge in [-0.25, -0.2) is 4.98 Å². The van der Waals surface area contributed by atoms with Crippen LogP contribution >= 0.6 is 0 Å². The number of fused-ring (bicyclic) bond motifs is 3. The molecule has 285 valence electrons. The molecule has 0 aliphatic heterocycles. The van der Waals surface area contributed by atoms with E-state index in [4.69, 9.17) is 14.4 Å². The molecular weight excluding hydrogens is 863 g/mol. The van der Waals surface area contributed by atoms with Gasteiger partial charge in [-0.1, -0.05) is 119 Å². The Kier molecular flexibility index (Phi) is 12.8. The number of furan rings is 1. The molecule has 0 saturated heterocycles. The van der Waals surface area contributed by atoms with Gasteiger partial charge in [-0.3, -0.25) is 0 Å². The van der Waals surface area contributed by atoms with Gasteiger partial charge in [0.2, 0.25) is 5.71 Å². The zero-order chi connectivity index (χ0) is 38.6. The van der Waals surface area contributed by atoms with Crippen molar-refractivity contribution in [1.82, 2.24) is 15.0 Å². The van der Waals surface area contributed by atoms with Crippen molar-refractivity contribution in [2.75, 3.05) is 0 Å². The van der Waals surface area contributed by atoms with E-state index in [1.807, 2.05) is 55.7 Å². The van der Waals surface area contributed by atoms with Crippen molar-refractivity contribution in [3.8, 4) is 44.9 Å². The van der Waals surface area contributed by atoms with Crippen molar-refractivity contribution in [2.45, 2.75) is 73.6 Å². The van der Waals surface area contributed by atoms with Crippen molar-refractivity contribution in [2.24, 2.45) is 5.92 Å². The molecular formula is C51H49IrN3O-2. The van der Waals surface area contributed by atoms with Gasteiger partial charge in [0.25, 0.3) is 0 Å². The Morgan fingerprint density at radius 3 is 1.95 bits per heavy atom. The van der Waals surface area contributed by atoms with Gasteiger partial charge in [-0.15, -0.1) is 54.1 Å². The summed E-state index contributed by atoms with van der Waals surface area (Å²) in [6.45, 7) is 17.7. The number of hydrogen-bond donors (Lipinski definition) is 0. The van der Waals surface area contributed by atoms with Crippen LogP contribution in [-0.2, 0) is 26.5 Å². The van der Waals surface area contributed by atoms with Crippen molar-refractivity contribution in [3.05, 3.63) is 162 Å². The molecule has 4 aromatic carbocycles. The van der Waals surface area contributed by atoms with Gasteiger partial charge in [0.05, 0.1) is 11.3 Å². The Labute approximate surface area is 345 Å². The normalized spacial score (nSPS) is 11.3. The van der Waals surface area contributed by atoms with Crippen LogP contribution < -0.4 is 0 Å². The fourth-order valence-corrected chi connectivity index (χ4v) is 7.20. The molecule has 0 unspecified atom stereocenters. The topological polar surface area (TPSA) is 51.8 Å². The predicted octanol–water partition coefficient (Wildman–Crippen LogP) is 13.8. The summed E-state index contributed by atoms with van der Waals surface area (Å²) in [7, 11) is 0. The Hall–Kier alpha value is -5.22. The zero-order valence-electron chi connectivity index (χ0n) is 33.6. The largest absolute Gasteiger partial charge is 0.486 e. The summed E-state index contributed by atoms with van der Waals surface area (Å²) in [6.07, 6.45) is 4.90. The SMILES string of the molecule is Cc1cc(-c2[c-]ccc3c2oc2nc(-c4c(C(C)C)cc(-c5ccccc5)cc4C(C)C)ccc23)ncc1CC(C)C.Cc1ccc(-c2[c-]cccc2)nc1.[Ir]. The van der Waals surface area contributed by atoms with E-state index in [9.17, 15) is 0 Å². The van der Waals surface area contributed by atoms with Crippen molar-refractivity contribution >= 4 is 22.1 Å². The Morgan fingerprint density at radius 1 is 0.625 bits per heavy atom. The average Bonchev–Trinajstić information content (AvgIpc) is 3.57. The Morgan fingerprint density at radius 2 is 1.32 bits per heavy atom. The number of hydrogen-bond acceptors (Lipinski definition) is 4. The third kappa shape index (κ3) is 8.76. The molecule has 1 radical (unpaired) electrons. The van der Waals surface area contributed by atoms with Crippen molar-refractivity contribution in [3.63, 3.8) is 0 Å². The van der Waals surface area contributed by atoms with Crippen LogP contribution in [0.25, 0.3) is 67.0 Å². The third-order valence-electron chi connectivity index (χ3n) is 10.1. The molecule has 0 spiro atoms. The van der Waals surface area contributed by atoms with E-state index in [1.54, 1.807) is 0 Å². The van der Waals surface area contributed by atoms with E-state index in [2.05, 4.69) is 138 Å². The van der Waals surface area contributed by atoms with E-state index in [0.717, 1.165) is 51.0 Å². The van der Waals surface area contributed by atoms with Gasteiger partial charge >= 0.3 is 0 Å². The van der Waals surface area contributed by atoms with Gasteiger partial charge in [0.1, 0.15) is 0 Å². The van der Waals surface area contributed by atoms with Gasteiger partial charge in [0, 0.05) is 43.4 Å². The number of aromatic nitrogens is 3. The number of benzene rings is 4. The van der Waals surface area contributed by atoms with Gasteiger partial charge in [0.15, 0.2) is 0 Å². The first-order chi connectivity index (χ1) is 26.6. The smallest absolute Gasteiger partial charge is 0.216 e. The molecule has 0 atom stereocenters. The van der Waals surface area contributed by atoms with E-state index in [0.29, 0.717) is 23.5 Å². The molecule has 0 fully saturated rings. The maximum atomic E-state index is 6.55. The minimum Gasteiger partial charge on any atom is -0.486 e. The molecule has 5 heteroatoms. The molecule has 0 aliphatic carbocycles. The number of pyridine rings is 3. The molecule has 0 amide bonds. The van der Waals surface area contributed by atoms with Crippen LogP contribution in [0.15, 0.2) is 126 Å². The molecule has 4 heterocycles. The van der Waals surface area contributed by atoms with E-state index < -0.39 is 0 Å². The van der Waals surface area contributed by atoms with Crippen molar-refractivity contribution in [1.29, 1.82) is 0 Å². The number of nitrogens with zero attached hydrogens (tertiary/aromatic N) is 3. The summed E-state index contributed by atoms with van der Waals surface area (Å²) >= 11 is 0. The fourth-order valence-electron chi connectivity index (χ4n) is 7.20. The van der Waals surface area contributed by atoms with E-state index in [-0.39, 0.29) is 20.1 Å². The first kappa shape index (κ1) is 40.4. The first-order valence-electron chi connectivity index (χ1n) is 19.4. The second-order valence-electron chi connectivity index (χ2n) is 15.5. The van der Waals surface area contributed by atoms with Crippen LogP contribution in [-0.4, -0.2) is 15.0 Å². The molecule has 4 nitrogen and oxygen atoms in total. The van der Waals surface area contributed by atoms with Crippen molar-refractivity contribution < 1.29 is 24.5 Å². The second-order valence-corrected chi connectivity index (χ2v) is 15.5. The van der Waals surface area contributed by atoms with Crippen LogP contribution in [0.4, 0.5) is 0 Å². The standard InChI is InChI=1S/C39H39N2O.C12H10N.Ir/c1-23(2)18-29-22-40-36(19-26(29)7)32-15-11-14-30-31-16-17-35(41-39(31)42-38(30)32)37-33(24(3)4)20-28(21-34(37)25(5)6)27-12-9-8-10-13-27;1-10-7-8-12(13-9-10)11-5-3-2-4-6-11;/h8-14,16-17,19-25H,18H2,1-7H3;2-5,7-9H,1H3;/q2*-1;. The summed E-state index contributed by atoms with van der Waals surface area (Å²) in [5, 5.41) is 2.05. The average molecular weight is 912 g/mol. The fraction of sp³-hybridized carbons (Fsp3) is 0.235. The van der Waals surface area contributed by atoms with E-state index >= 15 is 0 Å². The zero-order valence-corrected chi connectivity index (χ0v) is 36.0. The molecule has 8 aromatic rings. The minimum atomic E-state index is 0. The summed E-state index contributed by atoms with van der Waals surface area (Å²) in [5.74, 6) is 1.26. The molecule has 0 N–H and O–H groups in total. The Bertz CT molecular complexity index is 2530. The predicted molar refractivity (Wildman–Crippen MR) is 229 cm³/mol. The molecule has 0 bridgehead atoms. The van der Waals surface area contributed by atoms with Crippen LogP contribution in [0.2, 0.25) is 0 Å². The molecule has 56 heavy (non-hydrogen) atoms. The maximum absolute atomic E-state index is 6.55. The third-order valence-corrected chi connectivity index (χ3v) is 10.1. The van der Waals surface area contributed by atoms with Crippen LogP contribution in [0, 0.1) is 31.9 Å². The quantitative estimate of drug-likeness (QED) is 0.143. The summed E-state index contributed by atoms with van der Waals surface area (Å²) < 4.78 is 6.55. The molecule has 0 aliphatic rings. The second kappa shape index (κ2) is 17.7. The molecule has 0 saturated carbocycles. The van der Waals surface area contributed by atoms with Gasteiger partial charge in [-0.05, 0) is 94.9 Å². The van der Waals surface area contributed by atoms with Crippen LogP contribution in [0.1, 0.15) is 81.2 Å². The van der Waals surface area contributed by atoms with Gasteiger partial charge < -0.3 is 14.4 Å². The summed E-state index contributed by atoms with van der Waals surface area (Å²) in [4.78, 5) is 14.3. The summed E-state index contributed by atoms with van der Waals surface area (Å²) in [5.41, 5.74) is 16.2. The number of aryl methyl sites for hydroxylation is 2. The minimum absolute atomic E-state index is 0. The van der Waals surface area contributed by atoms with Crippen LogP contribution in [0.3, 0.4) is 0 Å². The van der Waals surface area contributed by atoms with Crippen LogP contribution in [0.5, 0.6) is 0 Å².